The van der Waals surface area contributed by atoms with Crippen molar-refractivity contribution in [3.8, 4) is 11.5 Å². The number of aryl methyl sites for hydroxylation is 2. The highest BCUT2D eigenvalue weighted by molar-refractivity contribution is 5.77. The Hall–Kier alpha value is -2.69. The second-order valence-electron chi connectivity index (χ2n) is 6.89. The van der Waals surface area contributed by atoms with Gasteiger partial charge in [0.2, 0.25) is 5.91 Å². The van der Waals surface area contributed by atoms with E-state index in [9.17, 15) is 4.79 Å². The lowest BCUT2D eigenvalue weighted by Gasteiger charge is -2.36. The molecule has 3 rings (SSSR count). The van der Waals surface area contributed by atoms with Gasteiger partial charge >= 0.3 is 0 Å². The van der Waals surface area contributed by atoms with Crippen molar-refractivity contribution in [2.45, 2.75) is 19.8 Å². The lowest BCUT2D eigenvalue weighted by Crippen LogP contribution is -2.48. The minimum atomic E-state index is 0.216. The van der Waals surface area contributed by atoms with Crippen molar-refractivity contribution in [1.82, 2.24) is 4.90 Å². The molecule has 0 radical (unpaired) electrons. The molecule has 1 fully saturated rings. The number of carbonyl (C=O) groups is 1. The van der Waals surface area contributed by atoms with Crippen molar-refractivity contribution < 1.29 is 14.3 Å². The molecule has 2 aromatic carbocycles. The molecule has 5 heteroatoms. The molecule has 5 nitrogen and oxygen atoms in total. The molecule has 0 aromatic heterocycles. The lowest BCUT2D eigenvalue weighted by atomic mass is 10.1. The van der Waals surface area contributed by atoms with Gasteiger partial charge in [-0.15, -0.1) is 0 Å². The molecule has 1 saturated heterocycles. The Bertz CT molecular complexity index is 766. The summed E-state index contributed by atoms with van der Waals surface area (Å²) in [5.74, 6) is 1.63. The molecule has 27 heavy (non-hydrogen) atoms. The van der Waals surface area contributed by atoms with Crippen LogP contribution < -0.4 is 14.4 Å². The fourth-order valence-electron chi connectivity index (χ4n) is 3.42. The third kappa shape index (κ3) is 4.73. The molecule has 1 aliphatic rings. The van der Waals surface area contributed by atoms with E-state index in [1.807, 2.05) is 23.1 Å². The SMILES string of the molecule is COc1ccc(CCC(=O)N2CCN(c3ccc(C)cc3)CC2)cc1OC. The number of carbonyl (C=O) groups excluding carboxylic acids is 1. The number of ether oxygens (including phenoxy) is 2. The van der Waals surface area contributed by atoms with Gasteiger partial charge in [0.1, 0.15) is 0 Å². The highest BCUT2D eigenvalue weighted by Gasteiger charge is 2.21. The molecule has 1 aliphatic heterocycles. The number of nitrogens with zero attached hydrogens (tertiary/aromatic N) is 2. The molecular formula is C22H28N2O3. The third-order valence-corrected chi connectivity index (χ3v) is 5.11. The van der Waals surface area contributed by atoms with E-state index >= 15 is 0 Å². The maximum Gasteiger partial charge on any atom is 0.223 e. The van der Waals surface area contributed by atoms with Crippen molar-refractivity contribution in [2.24, 2.45) is 0 Å². The molecule has 0 N–H and O–H groups in total. The highest BCUT2D eigenvalue weighted by atomic mass is 16.5. The summed E-state index contributed by atoms with van der Waals surface area (Å²) in [4.78, 5) is 16.9. The largest absolute Gasteiger partial charge is 0.493 e. The van der Waals surface area contributed by atoms with Gasteiger partial charge in [-0.05, 0) is 43.2 Å². The molecule has 0 unspecified atom stereocenters. The van der Waals surface area contributed by atoms with E-state index in [1.54, 1.807) is 14.2 Å². The molecular weight excluding hydrogens is 340 g/mol. The summed E-state index contributed by atoms with van der Waals surface area (Å²) < 4.78 is 10.6. The second-order valence-corrected chi connectivity index (χ2v) is 6.89. The van der Waals surface area contributed by atoms with Crippen LogP contribution in [0.3, 0.4) is 0 Å². The molecule has 0 atom stereocenters. The van der Waals surface area contributed by atoms with E-state index in [-0.39, 0.29) is 5.91 Å². The Kier molecular flexibility index (Phi) is 6.22. The molecule has 0 aliphatic carbocycles. The number of hydrogen-bond acceptors (Lipinski definition) is 4. The second kappa shape index (κ2) is 8.80. The zero-order chi connectivity index (χ0) is 19.2. The van der Waals surface area contributed by atoms with Gasteiger partial charge in [0, 0.05) is 38.3 Å². The summed E-state index contributed by atoms with van der Waals surface area (Å²) in [6.07, 6.45) is 1.22. The summed E-state index contributed by atoms with van der Waals surface area (Å²) in [7, 11) is 3.25. The van der Waals surface area contributed by atoms with E-state index in [0.29, 0.717) is 24.3 Å². The standard InChI is InChI=1S/C22H28N2O3/c1-17-4-8-19(9-5-17)23-12-14-24(15-13-23)22(25)11-7-18-6-10-20(26-2)21(16-18)27-3/h4-6,8-10,16H,7,11-15H2,1-3H3. The number of amides is 1. The Balaban J connectivity index is 1.50. The van der Waals surface area contributed by atoms with Gasteiger partial charge < -0.3 is 19.3 Å². The zero-order valence-corrected chi connectivity index (χ0v) is 16.4. The minimum absolute atomic E-state index is 0.216. The number of anilines is 1. The van der Waals surface area contributed by atoms with Gasteiger partial charge in [0.25, 0.3) is 0 Å². The summed E-state index contributed by atoms with van der Waals surface area (Å²) in [5.41, 5.74) is 3.58. The fraction of sp³-hybridized carbons (Fsp3) is 0.409. The van der Waals surface area contributed by atoms with Gasteiger partial charge in [0.15, 0.2) is 11.5 Å². The van der Waals surface area contributed by atoms with Crippen LogP contribution in [0.2, 0.25) is 0 Å². The van der Waals surface area contributed by atoms with Crippen LogP contribution in [0.1, 0.15) is 17.5 Å². The zero-order valence-electron chi connectivity index (χ0n) is 16.4. The van der Waals surface area contributed by atoms with Gasteiger partial charge in [0.05, 0.1) is 14.2 Å². The summed E-state index contributed by atoms with van der Waals surface area (Å²) in [6.45, 7) is 5.41. The Morgan fingerprint density at radius 1 is 0.926 bits per heavy atom. The highest BCUT2D eigenvalue weighted by Crippen LogP contribution is 2.28. The fourth-order valence-corrected chi connectivity index (χ4v) is 3.42. The van der Waals surface area contributed by atoms with Crippen molar-refractivity contribution in [3.63, 3.8) is 0 Å². The number of methoxy groups -OCH3 is 2. The minimum Gasteiger partial charge on any atom is -0.493 e. The molecule has 1 amide bonds. The maximum absolute atomic E-state index is 12.6. The van der Waals surface area contributed by atoms with Crippen LogP contribution in [0.25, 0.3) is 0 Å². The van der Waals surface area contributed by atoms with Gasteiger partial charge in [-0.3, -0.25) is 4.79 Å². The average Bonchev–Trinajstić information content (AvgIpc) is 2.72. The quantitative estimate of drug-likeness (QED) is 0.785. The first kappa shape index (κ1) is 19.1. The molecule has 0 spiro atoms. The van der Waals surface area contributed by atoms with E-state index in [0.717, 1.165) is 31.7 Å². The number of piperazine rings is 1. The van der Waals surface area contributed by atoms with Crippen molar-refractivity contribution in [2.75, 3.05) is 45.3 Å². The summed E-state index contributed by atoms with van der Waals surface area (Å²) in [6, 6.07) is 14.4. The average molecular weight is 368 g/mol. The van der Waals surface area contributed by atoms with Crippen molar-refractivity contribution >= 4 is 11.6 Å². The topological polar surface area (TPSA) is 42.0 Å². The number of hydrogen-bond donors (Lipinski definition) is 0. The van der Waals surface area contributed by atoms with Crippen LogP contribution in [-0.4, -0.2) is 51.2 Å². The van der Waals surface area contributed by atoms with Gasteiger partial charge in [-0.2, -0.15) is 0 Å². The molecule has 0 saturated carbocycles. The Morgan fingerprint density at radius 3 is 2.22 bits per heavy atom. The predicted molar refractivity (Wildman–Crippen MR) is 108 cm³/mol. The molecule has 1 heterocycles. The lowest BCUT2D eigenvalue weighted by molar-refractivity contribution is -0.131. The maximum atomic E-state index is 12.6. The van der Waals surface area contributed by atoms with Crippen LogP contribution in [0.4, 0.5) is 5.69 Å². The first-order valence-corrected chi connectivity index (χ1v) is 9.41. The van der Waals surface area contributed by atoms with E-state index in [1.165, 1.54) is 11.3 Å². The van der Waals surface area contributed by atoms with E-state index in [4.69, 9.17) is 9.47 Å². The first-order chi connectivity index (χ1) is 13.1. The van der Waals surface area contributed by atoms with Crippen molar-refractivity contribution in [3.05, 3.63) is 53.6 Å². The Morgan fingerprint density at radius 2 is 1.59 bits per heavy atom. The van der Waals surface area contributed by atoms with E-state index < -0.39 is 0 Å². The van der Waals surface area contributed by atoms with Crippen LogP contribution in [0.15, 0.2) is 42.5 Å². The molecule has 144 valence electrons. The first-order valence-electron chi connectivity index (χ1n) is 9.41. The monoisotopic (exact) mass is 368 g/mol. The van der Waals surface area contributed by atoms with Crippen LogP contribution in [0.5, 0.6) is 11.5 Å². The number of benzene rings is 2. The summed E-state index contributed by atoms with van der Waals surface area (Å²) >= 11 is 0. The molecule has 0 bridgehead atoms. The van der Waals surface area contributed by atoms with Crippen LogP contribution >= 0.6 is 0 Å². The predicted octanol–water partition coefficient (Wildman–Crippen LogP) is 3.29. The normalized spacial score (nSPS) is 14.2. The van der Waals surface area contributed by atoms with Crippen molar-refractivity contribution in [1.29, 1.82) is 0 Å². The Labute approximate surface area is 161 Å². The third-order valence-electron chi connectivity index (χ3n) is 5.11. The van der Waals surface area contributed by atoms with E-state index in [2.05, 4.69) is 36.1 Å². The summed E-state index contributed by atoms with van der Waals surface area (Å²) in [5, 5.41) is 0. The van der Waals surface area contributed by atoms with Gasteiger partial charge in [-0.25, -0.2) is 0 Å². The smallest absolute Gasteiger partial charge is 0.223 e. The van der Waals surface area contributed by atoms with Gasteiger partial charge in [-0.1, -0.05) is 23.8 Å². The number of rotatable bonds is 6. The molecule has 2 aromatic rings. The van der Waals surface area contributed by atoms with Crippen LogP contribution in [0, 0.1) is 6.92 Å². The van der Waals surface area contributed by atoms with Crippen LogP contribution in [-0.2, 0) is 11.2 Å².